The van der Waals surface area contributed by atoms with Crippen molar-refractivity contribution in [3.8, 4) is 5.75 Å². The van der Waals surface area contributed by atoms with E-state index in [-0.39, 0.29) is 5.54 Å². The number of hydrogen-bond acceptors (Lipinski definition) is 3. The van der Waals surface area contributed by atoms with E-state index in [1.807, 2.05) is 31.2 Å². The van der Waals surface area contributed by atoms with E-state index >= 15 is 0 Å². The van der Waals surface area contributed by atoms with Gasteiger partial charge >= 0.3 is 0 Å². The van der Waals surface area contributed by atoms with Gasteiger partial charge in [0.2, 0.25) is 6.08 Å². The Kier molecular flexibility index (Phi) is 3.12. The van der Waals surface area contributed by atoms with Gasteiger partial charge in [0, 0.05) is 0 Å². The van der Waals surface area contributed by atoms with E-state index in [0.29, 0.717) is 6.61 Å². The van der Waals surface area contributed by atoms with Gasteiger partial charge in [-0.1, -0.05) is 18.7 Å². The second kappa shape index (κ2) is 4.56. The van der Waals surface area contributed by atoms with Crippen LogP contribution in [0.2, 0.25) is 0 Å². The lowest BCUT2D eigenvalue weighted by molar-refractivity contribution is 0.352. The van der Waals surface area contributed by atoms with E-state index in [1.165, 1.54) is 0 Å². The third kappa shape index (κ3) is 2.63. The van der Waals surface area contributed by atoms with Crippen molar-refractivity contribution in [2.75, 3.05) is 6.61 Å². The summed E-state index contributed by atoms with van der Waals surface area (Å²) < 4.78 is 5.57. The molecule has 0 heterocycles. The number of aliphatic imine (C=N–C) groups is 1. The molecule has 1 fully saturated rings. The van der Waals surface area contributed by atoms with Gasteiger partial charge in [-0.2, -0.15) is 4.99 Å². The second-order valence-corrected chi connectivity index (χ2v) is 4.51. The summed E-state index contributed by atoms with van der Waals surface area (Å²) in [5.74, 6) is 0.790. The first kappa shape index (κ1) is 11.6. The minimum absolute atomic E-state index is 0.329. The molecule has 0 amide bonds. The third-order valence-electron chi connectivity index (χ3n) is 2.84. The van der Waals surface area contributed by atoms with Gasteiger partial charge < -0.3 is 4.74 Å². The van der Waals surface area contributed by atoms with Crippen LogP contribution in [0.4, 0.5) is 0 Å². The van der Waals surface area contributed by atoms with E-state index in [2.05, 4.69) is 11.6 Å². The average Bonchev–Trinajstić information content (AvgIpc) is 3.08. The first-order chi connectivity index (χ1) is 8.16. The Morgan fingerprint density at radius 1 is 1.59 bits per heavy atom. The molecular formula is C14H15NO2. The predicted octanol–water partition coefficient (Wildman–Crippen LogP) is 2.97. The SMILES string of the molecule is C=C(C)COc1cccc(C2(N=C=O)CC2)c1. The summed E-state index contributed by atoms with van der Waals surface area (Å²) in [4.78, 5) is 14.3. The molecule has 1 saturated carbocycles. The van der Waals surface area contributed by atoms with Crippen LogP contribution < -0.4 is 4.74 Å². The average molecular weight is 229 g/mol. The van der Waals surface area contributed by atoms with E-state index in [0.717, 1.165) is 29.7 Å². The van der Waals surface area contributed by atoms with Crippen molar-refractivity contribution in [3.05, 3.63) is 42.0 Å². The Hall–Kier alpha value is -1.86. The molecule has 88 valence electrons. The smallest absolute Gasteiger partial charge is 0.235 e. The number of nitrogens with zero attached hydrogens (tertiary/aromatic N) is 1. The van der Waals surface area contributed by atoms with Crippen molar-refractivity contribution >= 4 is 6.08 Å². The van der Waals surface area contributed by atoms with Gasteiger partial charge in [-0.15, -0.1) is 0 Å². The number of carbonyl (C=O) groups excluding carboxylic acids is 1. The van der Waals surface area contributed by atoms with Crippen molar-refractivity contribution in [1.29, 1.82) is 0 Å². The van der Waals surface area contributed by atoms with Gasteiger partial charge in [0.15, 0.2) is 0 Å². The van der Waals surface area contributed by atoms with Crippen LogP contribution in [0.1, 0.15) is 25.3 Å². The third-order valence-corrected chi connectivity index (χ3v) is 2.84. The molecule has 1 aliphatic carbocycles. The van der Waals surface area contributed by atoms with Crippen LogP contribution in [0.25, 0.3) is 0 Å². The van der Waals surface area contributed by atoms with E-state index < -0.39 is 0 Å². The summed E-state index contributed by atoms with van der Waals surface area (Å²) >= 11 is 0. The monoisotopic (exact) mass is 229 g/mol. The minimum atomic E-state index is -0.329. The molecule has 1 aliphatic rings. The number of isocyanates is 1. The zero-order chi connectivity index (χ0) is 12.3. The molecule has 0 unspecified atom stereocenters. The largest absolute Gasteiger partial charge is 0.489 e. The quantitative estimate of drug-likeness (QED) is 0.442. The van der Waals surface area contributed by atoms with Crippen molar-refractivity contribution in [2.24, 2.45) is 4.99 Å². The number of hydrogen-bond donors (Lipinski definition) is 0. The van der Waals surface area contributed by atoms with Gasteiger partial charge in [0.1, 0.15) is 12.4 Å². The van der Waals surface area contributed by atoms with E-state index in [9.17, 15) is 4.79 Å². The Morgan fingerprint density at radius 2 is 2.35 bits per heavy atom. The van der Waals surface area contributed by atoms with Crippen LogP contribution in [-0.2, 0) is 10.3 Å². The summed E-state index contributed by atoms with van der Waals surface area (Å²) in [5, 5.41) is 0. The fraction of sp³-hybridized carbons (Fsp3) is 0.357. The van der Waals surface area contributed by atoms with Gasteiger partial charge in [-0.05, 0) is 43.0 Å². The first-order valence-electron chi connectivity index (χ1n) is 5.63. The standard InChI is InChI=1S/C14H15NO2/c1-11(2)9-17-13-5-3-4-12(8-13)14(6-7-14)15-10-16/h3-5,8H,1,6-7,9H2,2H3. The molecule has 0 aromatic heterocycles. The Morgan fingerprint density at radius 3 is 2.94 bits per heavy atom. The fourth-order valence-corrected chi connectivity index (χ4v) is 1.75. The van der Waals surface area contributed by atoms with Crippen LogP contribution in [0.5, 0.6) is 5.75 Å². The molecule has 3 heteroatoms. The molecule has 0 N–H and O–H groups in total. The van der Waals surface area contributed by atoms with E-state index in [4.69, 9.17) is 4.74 Å². The van der Waals surface area contributed by atoms with Crippen LogP contribution in [0, 0.1) is 0 Å². The highest BCUT2D eigenvalue weighted by Crippen LogP contribution is 2.49. The maximum atomic E-state index is 10.4. The Labute approximate surface area is 101 Å². The van der Waals surface area contributed by atoms with Crippen molar-refractivity contribution in [1.82, 2.24) is 0 Å². The maximum absolute atomic E-state index is 10.4. The molecule has 1 aromatic carbocycles. The highest BCUT2D eigenvalue weighted by Gasteiger charge is 2.44. The summed E-state index contributed by atoms with van der Waals surface area (Å²) in [6.07, 6.45) is 3.48. The zero-order valence-corrected chi connectivity index (χ0v) is 9.90. The maximum Gasteiger partial charge on any atom is 0.235 e. The molecule has 0 bridgehead atoms. The van der Waals surface area contributed by atoms with Crippen molar-refractivity contribution in [2.45, 2.75) is 25.3 Å². The molecule has 0 aliphatic heterocycles. The molecule has 2 rings (SSSR count). The van der Waals surface area contributed by atoms with Crippen LogP contribution in [0.15, 0.2) is 41.4 Å². The number of rotatable bonds is 5. The molecule has 0 spiro atoms. The van der Waals surface area contributed by atoms with Gasteiger partial charge in [0.05, 0.1) is 5.54 Å². The summed E-state index contributed by atoms with van der Waals surface area (Å²) in [7, 11) is 0. The second-order valence-electron chi connectivity index (χ2n) is 4.51. The highest BCUT2D eigenvalue weighted by molar-refractivity contribution is 5.43. The van der Waals surface area contributed by atoms with Crippen molar-refractivity contribution in [3.63, 3.8) is 0 Å². The number of benzene rings is 1. The first-order valence-corrected chi connectivity index (χ1v) is 5.63. The topological polar surface area (TPSA) is 38.7 Å². The Bertz CT molecular complexity index is 483. The van der Waals surface area contributed by atoms with Crippen LogP contribution in [0.3, 0.4) is 0 Å². The molecule has 1 aromatic rings. The molecule has 3 nitrogen and oxygen atoms in total. The Balaban J connectivity index is 2.17. The van der Waals surface area contributed by atoms with Crippen LogP contribution in [-0.4, -0.2) is 12.7 Å². The zero-order valence-electron chi connectivity index (χ0n) is 9.90. The summed E-state index contributed by atoms with van der Waals surface area (Å²) in [6, 6.07) is 7.73. The fourth-order valence-electron chi connectivity index (χ4n) is 1.75. The molecule has 0 atom stereocenters. The molecule has 0 radical (unpaired) electrons. The lowest BCUT2D eigenvalue weighted by atomic mass is 10.1. The van der Waals surface area contributed by atoms with Crippen LogP contribution >= 0.6 is 0 Å². The summed E-state index contributed by atoms with van der Waals surface area (Å²) in [6.45, 7) is 6.22. The number of ether oxygens (including phenoxy) is 1. The van der Waals surface area contributed by atoms with E-state index in [1.54, 1.807) is 6.08 Å². The molecule has 0 saturated heterocycles. The lowest BCUT2D eigenvalue weighted by Gasteiger charge is -2.11. The van der Waals surface area contributed by atoms with Gasteiger partial charge in [-0.3, -0.25) is 0 Å². The molecule has 17 heavy (non-hydrogen) atoms. The molecular weight excluding hydrogens is 214 g/mol. The highest BCUT2D eigenvalue weighted by atomic mass is 16.5. The summed E-state index contributed by atoms with van der Waals surface area (Å²) in [5.41, 5.74) is 1.67. The predicted molar refractivity (Wildman–Crippen MR) is 65.8 cm³/mol. The van der Waals surface area contributed by atoms with Crippen molar-refractivity contribution < 1.29 is 9.53 Å². The normalized spacial score (nSPS) is 15.8. The van der Waals surface area contributed by atoms with Gasteiger partial charge in [0.25, 0.3) is 0 Å². The van der Waals surface area contributed by atoms with Gasteiger partial charge in [-0.25, -0.2) is 4.79 Å². The lowest BCUT2D eigenvalue weighted by Crippen LogP contribution is -2.03. The minimum Gasteiger partial charge on any atom is -0.489 e.